The minimum absolute atomic E-state index is 0.561. The lowest BCUT2D eigenvalue weighted by atomic mass is 10.1. The van der Waals surface area contributed by atoms with Crippen LogP contribution in [0.25, 0.3) is 0 Å². The maximum atomic E-state index is 4.17. The third-order valence-corrected chi connectivity index (χ3v) is 2.95. The second-order valence-electron chi connectivity index (χ2n) is 3.75. The Morgan fingerprint density at radius 1 is 1.40 bits per heavy atom. The summed E-state index contributed by atoms with van der Waals surface area (Å²) in [5.74, 6) is 0.700. The van der Waals surface area contributed by atoms with Gasteiger partial charge in [-0.3, -0.25) is 0 Å². The van der Waals surface area contributed by atoms with E-state index < -0.39 is 0 Å². The van der Waals surface area contributed by atoms with Crippen molar-refractivity contribution in [2.75, 3.05) is 18.4 Å². The molecular weight excluding hydrogens is 256 g/mol. The highest BCUT2D eigenvalue weighted by atomic mass is 79.9. The zero-order chi connectivity index (χ0) is 10.5. The Bertz CT molecular complexity index is 295. The Morgan fingerprint density at radius 2 is 2.20 bits per heavy atom. The Balaban J connectivity index is 1.79. The standard InChI is InChI=1S/C10H15BrN4/c11-8-5-13-10(14-6-8)15-7-9-3-1-2-4-12-9/h5-6,9,12H,1-4,7H2,(H,13,14,15)/t9-/m0/s1. The van der Waals surface area contributed by atoms with Gasteiger partial charge in [-0.1, -0.05) is 6.42 Å². The van der Waals surface area contributed by atoms with Gasteiger partial charge in [-0.15, -0.1) is 0 Å². The van der Waals surface area contributed by atoms with Crippen molar-refractivity contribution in [3.63, 3.8) is 0 Å². The van der Waals surface area contributed by atoms with Gasteiger partial charge in [0.2, 0.25) is 5.95 Å². The molecule has 15 heavy (non-hydrogen) atoms. The number of anilines is 1. The molecule has 0 unspecified atom stereocenters. The number of halogens is 1. The van der Waals surface area contributed by atoms with Crippen molar-refractivity contribution in [3.05, 3.63) is 16.9 Å². The molecule has 4 nitrogen and oxygen atoms in total. The molecule has 0 saturated carbocycles. The number of rotatable bonds is 3. The van der Waals surface area contributed by atoms with Crippen molar-refractivity contribution in [2.24, 2.45) is 0 Å². The minimum atomic E-state index is 0.561. The SMILES string of the molecule is Brc1cnc(NC[C@@H]2CCCCN2)nc1. The molecule has 1 fully saturated rings. The summed E-state index contributed by atoms with van der Waals surface area (Å²) in [4.78, 5) is 8.33. The fourth-order valence-electron chi connectivity index (χ4n) is 1.72. The van der Waals surface area contributed by atoms with Crippen LogP contribution in [0.3, 0.4) is 0 Å². The van der Waals surface area contributed by atoms with Gasteiger partial charge in [-0.25, -0.2) is 9.97 Å². The predicted molar refractivity (Wildman–Crippen MR) is 63.9 cm³/mol. The maximum Gasteiger partial charge on any atom is 0.222 e. The molecule has 1 aliphatic heterocycles. The number of nitrogens with one attached hydrogen (secondary N) is 2. The predicted octanol–water partition coefficient (Wildman–Crippen LogP) is 1.79. The monoisotopic (exact) mass is 270 g/mol. The van der Waals surface area contributed by atoms with Crippen molar-refractivity contribution >= 4 is 21.9 Å². The summed E-state index contributed by atoms with van der Waals surface area (Å²) < 4.78 is 0.906. The number of piperidine rings is 1. The van der Waals surface area contributed by atoms with Crippen LogP contribution >= 0.6 is 15.9 Å². The van der Waals surface area contributed by atoms with E-state index in [1.54, 1.807) is 12.4 Å². The van der Waals surface area contributed by atoms with E-state index in [0.717, 1.165) is 17.6 Å². The van der Waals surface area contributed by atoms with E-state index in [1.165, 1.54) is 19.3 Å². The number of hydrogen-bond acceptors (Lipinski definition) is 4. The highest BCUT2D eigenvalue weighted by Gasteiger charge is 2.11. The van der Waals surface area contributed by atoms with Gasteiger partial charge in [0, 0.05) is 25.0 Å². The molecule has 1 aliphatic rings. The lowest BCUT2D eigenvalue weighted by molar-refractivity contribution is 0.413. The summed E-state index contributed by atoms with van der Waals surface area (Å²) in [5.41, 5.74) is 0. The molecular formula is C10H15BrN4. The van der Waals surface area contributed by atoms with Crippen LogP contribution in [0.5, 0.6) is 0 Å². The van der Waals surface area contributed by atoms with Gasteiger partial charge in [-0.2, -0.15) is 0 Å². The second-order valence-corrected chi connectivity index (χ2v) is 4.67. The molecule has 0 radical (unpaired) electrons. The summed E-state index contributed by atoms with van der Waals surface area (Å²) in [5, 5.41) is 6.71. The summed E-state index contributed by atoms with van der Waals surface area (Å²) >= 11 is 3.31. The second kappa shape index (κ2) is 5.42. The molecule has 0 bridgehead atoms. The van der Waals surface area contributed by atoms with Gasteiger partial charge < -0.3 is 10.6 Å². The largest absolute Gasteiger partial charge is 0.353 e. The minimum Gasteiger partial charge on any atom is -0.353 e. The first-order valence-corrected chi connectivity index (χ1v) is 6.09. The van der Waals surface area contributed by atoms with Crippen molar-refractivity contribution in [2.45, 2.75) is 25.3 Å². The van der Waals surface area contributed by atoms with Crippen LogP contribution in [0.2, 0.25) is 0 Å². The molecule has 0 amide bonds. The lowest BCUT2D eigenvalue weighted by Gasteiger charge is -2.23. The molecule has 0 spiro atoms. The van der Waals surface area contributed by atoms with Crippen molar-refractivity contribution < 1.29 is 0 Å². The van der Waals surface area contributed by atoms with Crippen LogP contribution in [0.4, 0.5) is 5.95 Å². The topological polar surface area (TPSA) is 49.8 Å². The molecule has 0 aromatic carbocycles. The van der Waals surface area contributed by atoms with E-state index in [4.69, 9.17) is 0 Å². The molecule has 1 aromatic rings. The fourth-order valence-corrected chi connectivity index (χ4v) is 1.92. The summed E-state index contributed by atoms with van der Waals surface area (Å²) in [6, 6.07) is 0.561. The van der Waals surface area contributed by atoms with E-state index >= 15 is 0 Å². The molecule has 1 atom stereocenters. The quantitative estimate of drug-likeness (QED) is 0.880. The fraction of sp³-hybridized carbons (Fsp3) is 0.600. The number of hydrogen-bond donors (Lipinski definition) is 2. The lowest BCUT2D eigenvalue weighted by Crippen LogP contribution is -2.39. The van der Waals surface area contributed by atoms with E-state index in [0.29, 0.717) is 12.0 Å². The normalized spacial score (nSPS) is 21.3. The Kier molecular flexibility index (Phi) is 3.91. The van der Waals surface area contributed by atoms with Gasteiger partial charge in [0.15, 0.2) is 0 Å². The van der Waals surface area contributed by atoms with Gasteiger partial charge in [0.05, 0.1) is 4.47 Å². The molecule has 2 N–H and O–H groups in total. The summed E-state index contributed by atoms with van der Waals surface area (Å²) in [6.45, 7) is 2.04. The van der Waals surface area contributed by atoms with Crippen LogP contribution in [-0.4, -0.2) is 29.1 Å². The Labute approximate surface area is 98.0 Å². The van der Waals surface area contributed by atoms with Gasteiger partial charge >= 0.3 is 0 Å². The highest BCUT2D eigenvalue weighted by Crippen LogP contribution is 2.09. The van der Waals surface area contributed by atoms with Crippen LogP contribution < -0.4 is 10.6 Å². The smallest absolute Gasteiger partial charge is 0.222 e. The first kappa shape index (κ1) is 10.8. The van der Waals surface area contributed by atoms with Gasteiger partial charge in [0.1, 0.15) is 0 Å². The van der Waals surface area contributed by atoms with Crippen LogP contribution in [-0.2, 0) is 0 Å². The first-order valence-electron chi connectivity index (χ1n) is 5.29. The third kappa shape index (κ3) is 3.43. The highest BCUT2D eigenvalue weighted by molar-refractivity contribution is 9.10. The number of nitrogens with zero attached hydrogens (tertiary/aromatic N) is 2. The Morgan fingerprint density at radius 3 is 2.87 bits per heavy atom. The van der Waals surface area contributed by atoms with Crippen LogP contribution in [0.15, 0.2) is 16.9 Å². The van der Waals surface area contributed by atoms with Gasteiger partial charge in [-0.05, 0) is 35.3 Å². The molecule has 0 aliphatic carbocycles. The average Bonchev–Trinajstić information content (AvgIpc) is 2.30. The average molecular weight is 271 g/mol. The van der Waals surface area contributed by atoms with E-state index in [9.17, 15) is 0 Å². The maximum absolute atomic E-state index is 4.17. The van der Waals surface area contributed by atoms with Crippen molar-refractivity contribution in [3.8, 4) is 0 Å². The van der Waals surface area contributed by atoms with Crippen LogP contribution in [0, 0.1) is 0 Å². The Hall–Kier alpha value is -0.680. The zero-order valence-corrected chi connectivity index (χ0v) is 10.1. The summed E-state index contributed by atoms with van der Waals surface area (Å²) in [7, 11) is 0. The first-order chi connectivity index (χ1) is 7.34. The van der Waals surface area contributed by atoms with E-state index in [-0.39, 0.29) is 0 Å². The molecule has 5 heteroatoms. The van der Waals surface area contributed by atoms with Crippen molar-refractivity contribution in [1.82, 2.24) is 15.3 Å². The van der Waals surface area contributed by atoms with Crippen molar-refractivity contribution in [1.29, 1.82) is 0 Å². The molecule has 1 aromatic heterocycles. The van der Waals surface area contributed by atoms with E-state index in [2.05, 4.69) is 36.5 Å². The molecule has 2 heterocycles. The molecule has 1 saturated heterocycles. The molecule has 2 rings (SSSR count). The third-order valence-electron chi connectivity index (χ3n) is 2.54. The molecule has 82 valence electrons. The summed E-state index contributed by atoms with van der Waals surface area (Å²) in [6.07, 6.45) is 7.36. The number of aromatic nitrogens is 2. The van der Waals surface area contributed by atoms with Crippen LogP contribution in [0.1, 0.15) is 19.3 Å². The van der Waals surface area contributed by atoms with E-state index in [1.807, 2.05) is 0 Å². The van der Waals surface area contributed by atoms with Gasteiger partial charge in [0.25, 0.3) is 0 Å². The zero-order valence-electron chi connectivity index (χ0n) is 8.54.